The minimum absolute atomic E-state index is 0.0295. The van der Waals surface area contributed by atoms with E-state index in [4.69, 9.17) is 0 Å². The van der Waals surface area contributed by atoms with E-state index in [2.05, 4.69) is 66.4 Å². The number of benzene rings is 1. The summed E-state index contributed by atoms with van der Waals surface area (Å²) in [5.74, 6) is -0.480. The van der Waals surface area contributed by atoms with Crippen LogP contribution in [0.1, 0.15) is 43.3 Å². The molecule has 0 saturated carbocycles. The Labute approximate surface area is 186 Å². The summed E-state index contributed by atoms with van der Waals surface area (Å²) in [7, 11) is 0. The van der Waals surface area contributed by atoms with Gasteiger partial charge in [-0.2, -0.15) is 0 Å². The molecule has 1 aromatic carbocycles. The number of likely N-dealkylation sites (tertiary alicyclic amines) is 1. The van der Waals surface area contributed by atoms with Crippen LogP contribution in [0.25, 0.3) is 10.9 Å². The third-order valence-corrected chi connectivity index (χ3v) is 6.38. The molecule has 2 N–H and O–H groups in total. The van der Waals surface area contributed by atoms with Gasteiger partial charge in [0.05, 0.1) is 5.92 Å². The lowest BCUT2D eigenvalue weighted by molar-refractivity contribution is -0.128. The Morgan fingerprint density at radius 2 is 2.13 bits per heavy atom. The highest BCUT2D eigenvalue weighted by Crippen LogP contribution is 2.27. The number of hydrogen-bond donors (Lipinski definition) is 2. The molecule has 1 atom stereocenters. The van der Waals surface area contributed by atoms with Gasteiger partial charge in [0.2, 0.25) is 16.9 Å². The monoisotopic (exact) mass is 439 g/mol. The quantitative estimate of drug-likeness (QED) is 0.608. The number of anilines is 1. The molecule has 31 heavy (non-hydrogen) atoms. The van der Waals surface area contributed by atoms with Crippen molar-refractivity contribution in [2.45, 2.75) is 47.0 Å². The van der Waals surface area contributed by atoms with Gasteiger partial charge < -0.3 is 15.2 Å². The van der Waals surface area contributed by atoms with Crippen LogP contribution < -0.4 is 5.32 Å². The Morgan fingerprint density at radius 1 is 1.32 bits per heavy atom. The number of aromatic amines is 1. The predicted octanol–water partition coefficient (Wildman–Crippen LogP) is 3.95. The number of amides is 2. The lowest BCUT2D eigenvalue weighted by Crippen LogP contribution is -2.30. The number of nitrogens with zero attached hydrogens (tertiary/aromatic N) is 3. The van der Waals surface area contributed by atoms with E-state index in [9.17, 15) is 9.59 Å². The van der Waals surface area contributed by atoms with Gasteiger partial charge in [0.15, 0.2) is 0 Å². The van der Waals surface area contributed by atoms with Crippen molar-refractivity contribution in [3.8, 4) is 0 Å². The maximum atomic E-state index is 12.7. The van der Waals surface area contributed by atoms with Crippen molar-refractivity contribution < 1.29 is 9.59 Å². The predicted molar refractivity (Wildman–Crippen MR) is 123 cm³/mol. The number of H-pyrrole nitrogens is 1. The van der Waals surface area contributed by atoms with Crippen molar-refractivity contribution in [2.24, 2.45) is 11.3 Å². The van der Waals surface area contributed by atoms with Crippen molar-refractivity contribution >= 4 is 39.2 Å². The highest BCUT2D eigenvalue weighted by molar-refractivity contribution is 7.15. The van der Waals surface area contributed by atoms with Gasteiger partial charge in [-0.3, -0.25) is 9.59 Å². The number of carbonyl (C=O) groups is 2. The third-order valence-electron chi connectivity index (χ3n) is 5.54. The van der Waals surface area contributed by atoms with Crippen molar-refractivity contribution in [3.05, 3.63) is 40.5 Å². The van der Waals surface area contributed by atoms with E-state index < -0.39 is 0 Å². The van der Waals surface area contributed by atoms with Crippen LogP contribution in [0.2, 0.25) is 0 Å². The minimum atomic E-state index is -0.354. The van der Waals surface area contributed by atoms with Crippen LogP contribution in [0, 0.1) is 18.3 Å². The normalized spacial score (nSPS) is 17.0. The van der Waals surface area contributed by atoms with Gasteiger partial charge in [0, 0.05) is 43.0 Å². The van der Waals surface area contributed by atoms with E-state index in [0.717, 1.165) is 23.4 Å². The minimum Gasteiger partial charge on any atom is -0.361 e. The van der Waals surface area contributed by atoms with Crippen LogP contribution >= 0.6 is 11.3 Å². The van der Waals surface area contributed by atoms with Crippen molar-refractivity contribution in [2.75, 3.05) is 18.4 Å². The Bertz CT molecular complexity index is 1110. The van der Waals surface area contributed by atoms with Gasteiger partial charge >= 0.3 is 0 Å². The van der Waals surface area contributed by atoms with E-state index in [0.29, 0.717) is 18.2 Å². The molecule has 1 saturated heterocycles. The van der Waals surface area contributed by atoms with Crippen molar-refractivity contribution in [1.82, 2.24) is 20.1 Å². The fraction of sp³-hybridized carbons (Fsp3) is 0.478. The van der Waals surface area contributed by atoms with Crippen LogP contribution in [-0.4, -0.2) is 45.0 Å². The van der Waals surface area contributed by atoms with Gasteiger partial charge in [-0.25, -0.2) is 0 Å². The summed E-state index contributed by atoms with van der Waals surface area (Å²) in [6, 6.07) is 6.33. The van der Waals surface area contributed by atoms with Crippen LogP contribution in [0.5, 0.6) is 0 Å². The average molecular weight is 440 g/mol. The molecule has 7 nitrogen and oxygen atoms in total. The molecule has 0 aliphatic carbocycles. The number of fused-ring (bicyclic) bond motifs is 1. The number of hydrogen-bond acceptors (Lipinski definition) is 5. The Balaban J connectivity index is 1.33. The molecule has 0 radical (unpaired) electrons. The largest absolute Gasteiger partial charge is 0.361 e. The van der Waals surface area contributed by atoms with Gasteiger partial charge in [-0.15, -0.1) is 10.2 Å². The molecule has 1 unspecified atom stereocenters. The Kier molecular flexibility index (Phi) is 5.83. The fourth-order valence-electron chi connectivity index (χ4n) is 3.96. The molecular formula is C23H29N5O2S. The van der Waals surface area contributed by atoms with Gasteiger partial charge in [-0.05, 0) is 36.5 Å². The van der Waals surface area contributed by atoms with Crippen molar-refractivity contribution in [3.63, 3.8) is 0 Å². The van der Waals surface area contributed by atoms with E-state index in [1.54, 1.807) is 4.90 Å². The second-order valence-electron chi connectivity index (χ2n) is 9.58. The first-order valence-corrected chi connectivity index (χ1v) is 11.5. The fourth-order valence-corrected chi connectivity index (χ4v) is 5.00. The number of rotatable bonds is 6. The van der Waals surface area contributed by atoms with Crippen LogP contribution in [0.3, 0.4) is 0 Å². The van der Waals surface area contributed by atoms with Crippen LogP contribution in [-0.2, 0) is 22.4 Å². The topological polar surface area (TPSA) is 91.0 Å². The third kappa shape index (κ3) is 5.12. The number of carbonyl (C=O) groups excluding carboxylic acids is 2. The van der Waals surface area contributed by atoms with E-state index >= 15 is 0 Å². The van der Waals surface area contributed by atoms with E-state index in [1.165, 1.54) is 27.8 Å². The number of aromatic nitrogens is 3. The summed E-state index contributed by atoms with van der Waals surface area (Å²) in [4.78, 5) is 30.3. The summed E-state index contributed by atoms with van der Waals surface area (Å²) >= 11 is 1.40. The highest BCUT2D eigenvalue weighted by atomic mass is 32.1. The first kappa shape index (κ1) is 21.5. The summed E-state index contributed by atoms with van der Waals surface area (Å²) in [5.41, 5.74) is 3.63. The molecule has 8 heteroatoms. The maximum Gasteiger partial charge on any atom is 0.231 e. The molecule has 1 aliphatic rings. The smallest absolute Gasteiger partial charge is 0.231 e. The number of aryl methyl sites for hydroxylation is 1. The van der Waals surface area contributed by atoms with E-state index in [-0.39, 0.29) is 29.6 Å². The van der Waals surface area contributed by atoms with Gasteiger partial charge in [0.25, 0.3) is 0 Å². The lowest BCUT2D eigenvalue weighted by Gasteiger charge is -2.16. The molecule has 164 valence electrons. The first-order valence-electron chi connectivity index (χ1n) is 10.7. The van der Waals surface area contributed by atoms with Crippen LogP contribution in [0.15, 0.2) is 24.4 Å². The molecular weight excluding hydrogens is 410 g/mol. The zero-order valence-electron chi connectivity index (χ0n) is 18.5. The summed E-state index contributed by atoms with van der Waals surface area (Å²) in [6.07, 6.45) is 3.83. The second kappa shape index (κ2) is 8.42. The Hall–Kier alpha value is -2.74. The standard InChI is InChI=1S/C23H29N5O2S/c1-14-5-6-18-17(9-14)15(12-24-18)7-8-28-13-16(10-20(28)29)21(30)25-22-27-26-19(31-22)11-23(2,3)4/h5-6,9,12,16,24H,7-8,10-11,13H2,1-4H3,(H,25,27,30). The first-order chi connectivity index (χ1) is 14.7. The molecule has 2 amide bonds. The molecule has 3 aromatic rings. The maximum absolute atomic E-state index is 12.7. The molecule has 2 aromatic heterocycles. The zero-order valence-corrected chi connectivity index (χ0v) is 19.3. The van der Waals surface area contributed by atoms with Crippen molar-refractivity contribution in [1.29, 1.82) is 0 Å². The van der Waals surface area contributed by atoms with Crippen LogP contribution in [0.4, 0.5) is 5.13 Å². The molecule has 3 heterocycles. The summed E-state index contributed by atoms with van der Waals surface area (Å²) in [5, 5.41) is 13.7. The lowest BCUT2D eigenvalue weighted by atomic mass is 9.93. The SMILES string of the molecule is Cc1ccc2[nH]cc(CCN3CC(C(=O)Nc4nnc(CC(C)(C)C)s4)CC3=O)c2c1. The van der Waals surface area contributed by atoms with Gasteiger partial charge in [-0.1, -0.05) is 43.7 Å². The Morgan fingerprint density at radius 3 is 2.90 bits per heavy atom. The molecule has 1 fully saturated rings. The molecule has 0 spiro atoms. The second-order valence-corrected chi connectivity index (χ2v) is 10.6. The highest BCUT2D eigenvalue weighted by Gasteiger charge is 2.34. The average Bonchev–Trinajstić information content (AvgIpc) is 3.38. The summed E-state index contributed by atoms with van der Waals surface area (Å²) < 4.78 is 0. The van der Waals surface area contributed by atoms with Gasteiger partial charge in [0.1, 0.15) is 5.01 Å². The molecule has 1 aliphatic heterocycles. The van der Waals surface area contributed by atoms with E-state index in [1.807, 2.05) is 6.20 Å². The molecule has 0 bridgehead atoms. The zero-order chi connectivity index (χ0) is 22.2. The molecule has 4 rings (SSSR count). The summed E-state index contributed by atoms with van der Waals surface area (Å²) in [6.45, 7) is 9.56. The number of nitrogens with one attached hydrogen (secondary N) is 2.